The number of carbonyl (C=O) groups excluding carboxylic acids is 1. The predicted octanol–water partition coefficient (Wildman–Crippen LogP) is 2.62. The second kappa shape index (κ2) is 8.46. The Hall–Kier alpha value is -3.16. The lowest BCUT2D eigenvalue weighted by Crippen LogP contribution is -2.27. The molecule has 0 unspecified atom stereocenters. The SMILES string of the molecule is CN(CC[C@H](C=O)Oc1ccc(OCC2CC2)nc1)c1ccc2nn(C)nc2c1. The summed E-state index contributed by atoms with van der Waals surface area (Å²) in [7, 11) is 3.78. The van der Waals surface area contributed by atoms with Gasteiger partial charge >= 0.3 is 0 Å². The van der Waals surface area contributed by atoms with E-state index in [4.69, 9.17) is 9.47 Å². The third kappa shape index (κ3) is 5.01. The highest BCUT2D eigenvalue weighted by Gasteiger charge is 2.22. The first kappa shape index (κ1) is 19.2. The van der Waals surface area contributed by atoms with Crippen LogP contribution in [0.5, 0.6) is 11.6 Å². The number of carbonyl (C=O) groups is 1. The number of pyridine rings is 1. The van der Waals surface area contributed by atoms with Gasteiger partial charge in [-0.1, -0.05) is 0 Å². The van der Waals surface area contributed by atoms with E-state index in [9.17, 15) is 4.79 Å². The molecule has 8 heteroatoms. The summed E-state index contributed by atoms with van der Waals surface area (Å²) in [6, 6.07) is 9.50. The van der Waals surface area contributed by atoms with E-state index < -0.39 is 6.10 Å². The first-order valence-corrected chi connectivity index (χ1v) is 9.84. The van der Waals surface area contributed by atoms with Crippen LogP contribution in [0.3, 0.4) is 0 Å². The van der Waals surface area contributed by atoms with Gasteiger partial charge in [0.2, 0.25) is 5.88 Å². The van der Waals surface area contributed by atoms with E-state index in [2.05, 4.69) is 20.1 Å². The number of aromatic nitrogens is 4. The molecule has 0 amide bonds. The van der Waals surface area contributed by atoms with Gasteiger partial charge in [0.05, 0.1) is 12.8 Å². The second-order valence-corrected chi connectivity index (χ2v) is 7.45. The zero-order valence-electron chi connectivity index (χ0n) is 16.7. The van der Waals surface area contributed by atoms with E-state index in [0.717, 1.165) is 29.6 Å². The Bertz CT molecular complexity index is 968. The Labute approximate surface area is 169 Å². The molecule has 1 aliphatic carbocycles. The summed E-state index contributed by atoms with van der Waals surface area (Å²) in [5.74, 6) is 1.83. The minimum Gasteiger partial charge on any atom is -0.481 e. The van der Waals surface area contributed by atoms with Gasteiger partial charge in [-0.2, -0.15) is 15.0 Å². The molecule has 29 heavy (non-hydrogen) atoms. The van der Waals surface area contributed by atoms with Crippen LogP contribution in [-0.4, -0.2) is 52.6 Å². The van der Waals surface area contributed by atoms with Gasteiger partial charge < -0.3 is 14.4 Å². The third-order valence-electron chi connectivity index (χ3n) is 4.97. The second-order valence-electron chi connectivity index (χ2n) is 7.45. The number of anilines is 1. The average molecular weight is 395 g/mol. The van der Waals surface area contributed by atoms with Crippen LogP contribution in [0.2, 0.25) is 0 Å². The largest absolute Gasteiger partial charge is 0.481 e. The number of rotatable bonds is 10. The molecule has 0 N–H and O–H groups in total. The number of benzene rings is 1. The van der Waals surface area contributed by atoms with E-state index in [1.165, 1.54) is 12.8 Å². The monoisotopic (exact) mass is 395 g/mol. The van der Waals surface area contributed by atoms with Gasteiger partial charge in [-0.25, -0.2) is 4.98 Å². The molecule has 8 nitrogen and oxygen atoms in total. The molecule has 152 valence electrons. The fourth-order valence-corrected chi connectivity index (χ4v) is 3.04. The van der Waals surface area contributed by atoms with Gasteiger partial charge in [0.1, 0.15) is 16.8 Å². The Morgan fingerprint density at radius 3 is 2.79 bits per heavy atom. The van der Waals surface area contributed by atoms with Crippen LogP contribution in [0.15, 0.2) is 36.5 Å². The van der Waals surface area contributed by atoms with Crippen molar-refractivity contribution in [1.29, 1.82) is 0 Å². The lowest BCUT2D eigenvalue weighted by atomic mass is 10.2. The van der Waals surface area contributed by atoms with Crippen molar-refractivity contribution in [2.24, 2.45) is 13.0 Å². The molecule has 0 aliphatic heterocycles. The third-order valence-corrected chi connectivity index (χ3v) is 4.97. The van der Waals surface area contributed by atoms with E-state index >= 15 is 0 Å². The van der Waals surface area contributed by atoms with Crippen LogP contribution >= 0.6 is 0 Å². The molecule has 0 bridgehead atoms. The van der Waals surface area contributed by atoms with Crippen LogP contribution < -0.4 is 14.4 Å². The van der Waals surface area contributed by atoms with Crippen molar-refractivity contribution in [1.82, 2.24) is 20.0 Å². The molecule has 1 atom stereocenters. The molecule has 2 heterocycles. The summed E-state index contributed by atoms with van der Waals surface area (Å²) in [5, 5.41) is 8.62. The van der Waals surface area contributed by atoms with Crippen LogP contribution in [0.1, 0.15) is 19.3 Å². The fourth-order valence-electron chi connectivity index (χ4n) is 3.04. The molecular weight excluding hydrogens is 370 g/mol. The van der Waals surface area contributed by atoms with E-state index in [0.29, 0.717) is 30.5 Å². The molecule has 0 spiro atoms. The molecule has 0 radical (unpaired) electrons. The zero-order valence-corrected chi connectivity index (χ0v) is 16.7. The van der Waals surface area contributed by atoms with Crippen LogP contribution in [0, 0.1) is 5.92 Å². The first-order valence-electron chi connectivity index (χ1n) is 9.84. The topological polar surface area (TPSA) is 82.4 Å². The molecule has 2 aromatic heterocycles. The number of hydrogen-bond donors (Lipinski definition) is 0. The number of nitrogens with zero attached hydrogens (tertiary/aromatic N) is 5. The van der Waals surface area contributed by atoms with Gasteiger partial charge in [0.15, 0.2) is 12.4 Å². The van der Waals surface area contributed by atoms with E-state index in [1.54, 1.807) is 30.2 Å². The molecule has 0 saturated heterocycles. The fraction of sp³-hybridized carbons (Fsp3) is 0.429. The number of aldehydes is 1. The Morgan fingerprint density at radius 2 is 2.07 bits per heavy atom. The van der Waals surface area contributed by atoms with E-state index in [1.807, 2.05) is 25.2 Å². The summed E-state index contributed by atoms with van der Waals surface area (Å²) < 4.78 is 11.4. The van der Waals surface area contributed by atoms with Gasteiger partial charge in [-0.05, 0) is 43.0 Å². The minimum atomic E-state index is -0.544. The van der Waals surface area contributed by atoms with Gasteiger partial charge in [-0.15, -0.1) is 0 Å². The molecular formula is C21H25N5O3. The number of hydrogen-bond acceptors (Lipinski definition) is 7. The maximum atomic E-state index is 11.5. The normalized spacial score (nSPS) is 14.6. The van der Waals surface area contributed by atoms with Crippen molar-refractivity contribution in [2.75, 3.05) is 25.1 Å². The summed E-state index contributed by atoms with van der Waals surface area (Å²) in [4.78, 5) is 19.4. The first-order chi connectivity index (χ1) is 14.1. The van der Waals surface area contributed by atoms with Crippen molar-refractivity contribution >= 4 is 23.0 Å². The maximum absolute atomic E-state index is 11.5. The lowest BCUT2D eigenvalue weighted by molar-refractivity contribution is -0.113. The molecule has 1 aliphatic rings. The molecule has 1 aromatic carbocycles. The van der Waals surface area contributed by atoms with Crippen LogP contribution in [0.4, 0.5) is 5.69 Å². The maximum Gasteiger partial charge on any atom is 0.213 e. The van der Waals surface area contributed by atoms with Crippen molar-refractivity contribution in [3.8, 4) is 11.6 Å². The molecule has 1 saturated carbocycles. The lowest BCUT2D eigenvalue weighted by Gasteiger charge is -2.21. The summed E-state index contributed by atoms with van der Waals surface area (Å²) in [5.41, 5.74) is 2.72. The smallest absolute Gasteiger partial charge is 0.213 e. The van der Waals surface area contributed by atoms with Crippen LogP contribution in [-0.2, 0) is 11.8 Å². The molecule has 1 fully saturated rings. The molecule has 3 aromatic rings. The van der Waals surface area contributed by atoms with Gasteiger partial charge in [0.25, 0.3) is 0 Å². The van der Waals surface area contributed by atoms with Gasteiger partial charge in [0, 0.05) is 38.8 Å². The standard InChI is InChI=1S/C21H25N5O3/c1-25(16-5-7-19-20(11-16)24-26(2)23-19)10-9-18(13-27)29-17-6-8-21(22-12-17)28-14-15-3-4-15/h5-8,11-13,15,18H,3-4,9-10,14H2,1-2H3/t18-/m1/s1. The number of aryl methyl sites for hydroxylation is 1. The average Bonchev–Trinajstić information content (AvgIpc) is 3.48. The Balaban J connectivity index is 1.30. The highest BCUT2D eigenvalue weighted by molar-refractivity contribution is 5.78. The van der Waals surface area contributed by atoms with Crippen molar-refractivity contribution in [3.05, 3.63) is 36.5 Å². The quantitative estimate of drug-likeness (QED) is 0.488. The van der Waals surface area contributed by atoms with Crippen LogP contribution in [0.25, 0.3) is 11.0 Å². The van der Waals surface area contributed by atoms with Crippen molar-refractivity contribution in [2.45, 2.75) is 25.4 Å². The number of fused-ring (bicyclic) bond motifs is 1. The summed E-state index contributed by atoms with van der Waals surface area (Å²) in [6.07, 6.45) is 4.92. The Kier molecular flexibility index (Phi) is 5.59. The zero-order chi connectivity index (χ0) is 20.2. The highest BCUT2D eigenvalue weighted by atomic mass is 16.5. The Morgan fingerprint density at radius 1 is 1.24 bits per heavy atom. The number of ether oxygens (including phenoxy) is 2. The predicted molar refractivity (Wildman–Crippen MR) is 109 cm³/mol. The van der Waals surface area contributed by atoms with Crippen molar-refractivity contribution in [3.63, 3.8) is 0 Å². The minimum absolute atomic E-state index is 0.544. The van der Waals surface area contributed by atoms with E-state index in [-0.39, 0.29) is 0 Å². The highest BCUT2D eigenvalue weighted by Crippen LogP contribution is 2.29. The summed E-state index contributed by atoms with van der Waals surface area (Å²) in [6.45, 7) is 1.38. The summed E-state index contributed by atoms with van der Waals surface area (Å²) >= 11 is 0. The molecule has 4 rings (SSSR count). The van der Waals surface area contributed by atoms with Crippen molar-refractivity contribution < 1.29 is 14.3 Å². The van der Waals surface area contributed by atoms with Gasteiger partial charge in [-0.3, -0.25) is 4.79 Å².